The van der Waals surface area contributed by atoms with Gasteiger partial charge in [-0.15, -0.1) is 0 Å². The molecule has 5 nitrogen and oxygen atoms in total. The molecule has 100 valence electrons. The van der Waals surface area contributed by atoms with E-state index in [-0.39, 0.29) is 30.7 Å². The number of methoxy groups -OCH3 is 2. The minimum absolute atomic E-state index is 0.0786. The average Bonchev–Trinajstić information content (AvgIpc) is 2.38. The van der Waals surface area contributed by atoms with Crippen LogP contribution in [0.4, 0.5) is 10.1 Å². The Morgan fingerprint density at radius 1 is 1.50 bits per heavy atom. The zero-order valence-corrected chi connectivity index (χ0v) is 10.4. The molecule has 1 rings (SSSR count). The summed E-state index contributed by atoms with van der Waals surface area (Å²) in [6.07, 6.45) is -0.181. The van der Waals surface area contributed by atoms with Crippen molar-refractivity contribution in [3.05, 3.63) is 24.0 Å². The molecule has 18 heavy (non-hydrogen) atoms. The van der Waals surface area contributed by atoms with Crippen LogP contribution in [-0.2, 0) is 9.53 Å². The van der Waals surface area contributed by atoms with Crippen LogP contribution in [0, 0.1) is 5.82 Å². The average molecular weight is 256 g/mol. The van der Waals surface area contributed by atoms with Crippen LogP contribution in [-0.4, -0.2) is 32.8 Å². The third-order valence-corrected chi connectivity index (χ3v) is 2.44. The van der Waals surface area contributed by atoms with E-state index >= 15 is 0 Å². The molecule has 0 saturated heterocycles. The Hall–Kier alpha value is -1.66. The summed E-state index contributed by atoms with van der Waals surface area (Å²) in [6.45, 7) is 0.261. The molecule has 0 bridgehead atoms. The lowest BCUT2D eigenvalue weighted by Gasteiger charge is -2.13. The van der Waals surface area contributed by atoms with Gasteiger partial charge in [-0.2, -0.15) is 0 Å². The number of hydrogen-bond acceptors (Lipinski definition) is 4. The molecule has 0 aliphatic rings. The number of amides is 1. The van der Waals surface area contributed by atoms with Crippen molar-refractivity contribution < 1.29 is 18.7 Å². The Labute approximate surface area is 105 Å². The van der Waals surface area contributed by atoms with Crippen molar-refractivity contribution in [1.29, 1.82) is 0 Å². The minimum Gasteiger partial charge on any atom is -0.494 e. The Morgan fingerprint density at radius 2 is 2.22 bits per heavy atom. The summed E-state index contributed by atoms with van der Waals surface area (Å²) in [4.78, 5) is 11.6. The SMILES string of the molecule is COc1cc(NC(=O)CC(CN)OC)ccc1F. The van der Waals surface area contributed by atoms with E-state index in [1.54, 1.807) is 0 Å². The summed E-state index contributed by atoms with van der Waals surface area (Å²) >= 11 is 0. The van der Waals surface area contributed by atoms with Crippen molar-refractivity contribution >= 4 is 11.6 Å². The van der Waals surface area contributed by atoms with Crippen LogP contribution >= 0.6 is 0 Å². The topological polar surface area (TPSA) is 73.6 Å². The zero-order chi connectivity index (χ0) is 13.5. The molecule has 6 heteroatoms. The van der Waals surface area contributed by atoms with Crippen LogP contribution < -0.4 is 15.8 Å². The van der Waals surface area contributed by atoms with E-state index in [0.717, 1.165) is 0 Å². The van der Waals surface area contributed by atoms with Gasteiger partial charge in [0.2, 0.25) is 5.91 Å². The first-order chi connectivity index (χ1) is 8.60. The maximum atomic E-state index is 13.2. The Bertz CT molecular complexity index is 408. The summed E-state index contributed by atoms with van der Waals surface area (Å²) in [6, 6.07) is 4.10. The number of halogens is 1. The monoisotopic (exact) mass is 256 g/mol. The Morgan fingerprint density at radius 3 is 2.78 bits per heavy atom. The lowest BCUT2D eigenvalue weighted by Crippen LogP contribution is -2.28. The Kier molecular flexibility index (Phi) is 5.54. The van der Waals surface area contributed by atoms with Gasteiger partial charge in [0.05, 0.1) is 19.6 Å². The van der Waals surface area contributed by atoms with E-state index in [9.17, 15) is 9.18 Å². The molecule has 1 aromatic carbocycles. The highest BCUT2D eigenvalue weighted by Gasteiger charge is 2.12. The van der Waals surface area contributed by atoms with Crippen molar-refractivity contribution in [2.45, 2.75) is 12.5 Å². The maximum absolute atomic E-state index is 13.2. The van der Waals surface area contributed by atoms with Crippen molar-refractivity contribution in [3.63, 3.8) is 0 Å². The smallest absolute Gasteiger partial charge is 0.227 e. The number of ether oxygens (including phenoxy) is 2. The molecule has 0 saturated carbocycles. The van der Waals surface area contributed by atoms with Gasteiger partial charge in [0.15, 0.2) is 11.6 Å². The molecule has 1 atom stereocenters. The molecule has 0 aliphatic heterocycles. The summed E-state index contributed by atoms with van der Waals surface area (Å²) in [7, 11) is 2.85. The first kappa shape index (κ1) is 14.4. The Balaban J connectivity index is 2.64. The number of anilines is 1. The van der Waals surface area contributed by atoms with Crippen molar-refractivity contribution in [1.82, 2.24) is 0 Å². The van der Waals surface area contributed by atoms with E-state index in [2.05, 4.69) is 5.32 Å². The molecule has 3 N–H and O–H groups in total. The second-order valence-electron chi connectivity index (χ2n) is 3.70. The highest BCUT2D eigenvalue weighted by molar-refractivity contribution is 5.91. The molecule has 1 unspecified atom stereocenters. The number of nitrogens with one attached hydrogen (secondary N) is 1. The molecule has 0 radical (unpaired) electrons. The highest BCUT2D eigenvalue weighted by atomic mass is 19.1. The van der Waals surface area contributed by atoms with Crippen molar-refractivity contribution in [2.24, 2.45) is 5.73 Å². The fourth-order valence-electron chi connectivity index (χ4n) is 1.42. The molecule has 0 aliphatic carbocycles. The van der Waals surface area contributed by atoms with E-state index < -0.39 is 5.82 Å². The number of rotatable bonds is 6. The molecular weight excluding hydrogens is 239 g/mol. The molecular formula is C12H17FN2O3. The van der Waals surface area contributed by atoms with Crippen LogP contribution in [0.3, 0.4) is 0 Å². The van der Waals surface area contributed by atoms with Crippen LogP contribution in [0.1, 0.15) is 6.42 Å². The van der Waals surface area contributed by atoms with E-state index in [1.165, 1.54) is 32.4 Å². The fraction of sp³-hybridized carbons (Fsp3) is 0.417. The van der Waals surface area contributed by atoms with Gasteiger partial charge in [0.25, 0.3) is 0 Å². The van der Waals surface area contributed by atoms with Crippen LogP contribution in [0.25, 0.3) is 0 Å². The van der Waals surface area contributed by atoms with Crippen LogP contribution in [0.15, 0.2) is 18.2 Å². The van der Waals surface area contributed by atoms with Gasteiger partial charge in [-0.05, 0) is 12.1 Å². The van der Waals surface area contributed by atoms with Gasteiger partial charge < -0.3 is 20.5 Å². The second-order valence-corrected chi connectivity index (χ2v) is 3.70. The first-order valence-corrected chi connectivity index (χ1v) is 5.47. The number of benzene rings is 1. The quantitative estimate of drug-likeness (QED) is 0.800. The minimum atomic E-state index is -0.479. The van der Waals surface area contributed by atoms with Crippen molar-refractivity contribution in [3.8, 4) is 5.75 Å². The third-order valence-electron chi connectivity index (χ3n) is 2.44. The summed E-state index contributed by atoms with van der Waals surface area (Å²) < 4.78 is 23.0. The molecule has 0 heterocycles. The van der Waals surface area contributed by atoms with Crippen molar-refractivity contribution in [2.75, 3.05) is 26.1 Å². The highest BCUT2D eigenvalue weighted by Crippen LogP contribution is 2.21. The van der Waals surface area contributed by atoms with Gasteiger partial charge in [0, 0.05) is 25.4 Å². The maximum Gasteiger partial charge on any atom is 0.227 e. The summed E-state index contributed by atoms with van der Waals surface area (Å²) in [5.74, 6) is -0.650. The predicted octanol–water partition coefficient (Wildman–Crippen LogP) is 1.14. The van der Waals surface area contributed by atoms with Gasteiger partial charge in [0.1, 0.15) is 0 Å². The molecule has 0 fully saturated rings. The number of hydrogen-bond donors (Lipinski definition) is 2. The van der Waals surface area contributed by atoms with E-state index in [1.807, 2.05) is 0 Å². The third kappa shape index (κ3) is 3.97. The van der Waals surface area contributed by atoms with Gasteiger partial charge >= 0.3 is 0 Å². The standard InChI is InChI=1S/C12H17FN2O3/c1-17-9(7-14)6-12(16)15-8-3-4-10(13)11(5-8)18-2/h3-5,9H,6-7,14H2,1-2H3,(H,15,16). The van der Waals surface area contributed by atoms with E-state index in [0.29, 0.717) is 5.69 Å². The predicted molar refractivity (Wildman–Crippen MR) is 66.1 cm³/mol. The number of carbonyl (C=O) groups excluding carboxylic acids is 1. The normalized spacial score (nSPS) is 12.0. The zero-order valence-electron chi connectivity index (χ0n) is 10.4. The van der Waals surface area contributed by atoms with E-state index in [4.69, 9.17) is 15.2 Å². The van der Waals surface area contributed by atoms with Crippen LogP contribution in [0.5, 0.6) is 5.75 Å². The molecule has 1 amide bonds. The summed E-state index contributed by atoms with van der Waals surface area (Å²) in [5.41, 5.74) is 5.88. The molecule has 0 aromatic heterocycles. The second kappa shape index (κ2) is 6.93. The lowest BCUT2D eigenvalue weighted by molar-refractivity contribution is -0.118. The van der Waals surface area contributed by atoms with Gasteiger partial charge in [-0.3, -0.25) is 4.79 Å². The van der Waals surface area contributed by atoms with Gasteiger partial charge in [-0.1, -0.05) is 0 Å². The number of nitrogens with two attached hydrogens (primary N) is 1. The van der Waals surface area contributed by atoms with Crippen LogP contribution in [0.2, 0.25) is 0 Å². The molecule has 1 aromatic rings. The van der Waals surface area contributed by atoms with Gasteiger partial charge in [-0.25, -0.2) is 4.39 Å². The molecule has 0 spiro atoms. The largest absolute Gasteiger partial charge is 0.494 e. The number of carbonyl (C=O) groups is 1. The fourth-order valence-corrected chi connectivity index (χ4v) is 1.42. The summed E-state index contributed by atoms with van der Waals surface area (Å²) in [5, 5.41) is 2.62. The lowest BCUT2D eigenvalue weighted by atomic mass is 10.2. The first-order valence-electron chi connectivity index (χ1n) is 5.47.